The molecule has 0 aromatic rings. The largest absolute Gasteiger partial charge is 0.0708 e. The Morgan fingerprint density at radius 2 is 1.57 bits per heavy atom. The standard InChI is InChI=1S/C7H6/c1-2-7-4-3-6(1)5-7/h1-2,5H2. The van der Waals surface area contributed by atoms with Crippen molar-refractivity contribution in [3.05, 3.63) is 22.6 Å². The minimum Gasteiger partial charge on any atom is -0.0708 e. The summed E-state index contributed by atoms with van der Waals surface area (Å²) < 4.78 is 0. The average molecular weight is 90.1 g/mol. The first kappa shape index (κ1) is 3.32. The first-order chi connectivity index (χ1) is 3.45. The molecule has 1 saturated carbocycles. The summed E-state index contributed by atoms with van der Waals surface area (Å²) in [5, 5.41) is 0. The predicted molar refractivity (Wildman–Crippen MR) is 27.9 cm³/mol. The normalized spacial score (nSPS) is 22.9. The van der Waals surface area contributed by atoms with Gasteiger partial charge < -0.3 is 0 Å². The van der Waals surface area contributed by atoms with Crippen molar-refractivity contribution in [2.24, 2.45) is 0 Å². The molecule has 34 valence electrons. The van der Waals surface area contributed by atoms with Gasteiger partial charge in [0.25, 0.3) is 0 Å². The van der Waals surface area contributed by atoms with E-state index in [-0.39, 0.29) is 0 Å². The molecule has 0 unspecified atom stereocenters. The Hall–Kier alpha value is -0.700. The number of rotatable bonds is 0. The molecule has 0 amide bonds. The minimum atomic E-state index is 1.19. The lowest BCUT2D eigenvalue weighted by Crippen LogP contribution is -1.62. The van der Waals surface area contributed by atoms with Crippen molar-refractivity contribution < 1.29 is 0 Å². The van der Waals surface area contributed by atoms with Crippen molar-refractivity contribution in [1.29, 1.82) is 0 Å². The topological polar surface area (TPSA) is 0 Å². The molecule has 1 fully saturated rings. The van der Waals surface area contributed by atoms with Crippen LogP contribution in [0.15, 0.2) is 22.6 Å². The Morgan fingerprint density at radius 3 is 1.71 bits per heavy atom. The van der Waals surface area contributed by atoms with Gasteiger partial charge >= 0.3 is 0 Å². The second-order valence-electron chi connectivity index (χ2n) is 2.13. The Bertz CT molecular complexity index is 174. The third-order valence-corrected chi connectivity index (χ3v) is 1.57. The highest BCUT2D eigenvalue weighted by molar-refractivity contribution is 5.28. The van der Waals surface area contributed by atoms with Gasteiger partial charge in [0.05, 0.1) is 0 Å². The van der Waals surface area contributed by atoms with Gasteiger partial charge in [-0.2, -0.15) is 0 Å². The second kappa shape index (κ2) is 0.924. The van der Waals surface area contributed by atoms with Crippen LogP contribution >= 0.6 is 0 Å². The van der Waals surface area contributed by atoms with E-state index in [1.807, 2.05) is 0 Å². The van der Waals surface area contributed by atoms with Crippen LogP contribution in [-0.2, 0) is 0 Å². The van der Waals surface area contributed by atoms with Crippen molar-refractivity contribution in [2.75, 3.05) is 0 Å². The Morgan fingerprint density at radius 1 is 1.00 bits per heavy atom. The molecule has 0 atom stereocenters. The van der Waals surface area contributed by atoms with E-state index in [9.17, 15) is 0 Å². The Balaban J connectivity index is 2.75. The number of hydrogen-bond acceptors (Lipinski definition) is 0. The molecule has 0 radical (unpaired) electrons. The number of hydrogen-bond donors (Lipinski definition) is 0. The van der Waals surface area contributed by atoms with Crippen molar-refractivity contribution in [3.8, 4) is 0 Å². The van der Waals surface area contributed by atoms with Crippen LogP contribution < -0.4 is 0 Å². The maximum absolute atomic E-state index is 3.09. The molecule has 0 N–H and O–H groups in total. The lowest BCUT2D eigenvalue weighted by atomic mass is 10.2. The molecule has 7 heavy (non-hydrogen) atoms. The highest BCUT2D eigenvalue weighted by Crippen LogP contribution is 2.30. The van der Waals surface area contributed by atoms with Crippen LogP contribution in [0.3, 0.4) is 0 Å². The van der Waals surface area contributed by atoms with Crippen molar-refractivity contribution in [3.63, 3.8) is 0 Å². The van der Waals surface area contributed by atoms with Gasteiger partial charge in [-0.1, -0.05) is 11.5 Å². The SMILES string of the molecule is C1=C=C2CCC=1C2. The quantitative estimate of drug-likeness (QED) is 0.398. The molecule has 2 aliphatic rings. The third-order valence-electron chi connectivity index (χ3n) is 1.57. The summed E-state index contributed by atoms with van der Waals surface area (Å²) in [6.07, 6.45) is 3.73. The first-order valence-electron chi connectivity index (χ1n) is 2.66. The molecule has 0 aromatic carbocycles. The van der Waals surface area contributed by atoms with Crippen LogP contribution in [0.1, 0.15) is 19.3 Å². The number of fused-ring (bicyclic) bond motifs is 2. The highest BCUT2D eigenvalue weighted by atomic mass is 14.2. The van der Waals surface area contributed by atoms with E-state index >= 15 is 0 Å². The highest BCUT2D eigenvalue weighted by Gasteiger charge is 2.13. The van der Waals surface area contributed by atoms with Gasteiger partial charge in [0.1, 0.15) is 0 Å². The Labute approximate surface area is 42.8 Å². The Kier molecular flexibility index (Phi) is 0.438. The van der Waals surface area contributed by atoms with E-state index < -0.39 is 0 Å². The zero-order valence-corrected chi connectivity index (χ0v) is 4.12. The van der Waals surface area contributed by atoms with Crippen LogP contribution in [0, 0.1) is 0 Å². The fraction of sp³-hybridized carbons (Fsp3) is 0.429. The summed E-state index contributed by atoms with van der Waals surface area (Å²) >= 11 is 0. The van der Waals surface area contributed by atoms with E-state index in [0.717, 1.165) is 0 Å². The van der Waals surface area contributed by atoms with E-state index in [0.29, 0.717) is 0 Å². The molecule has 0 aliphatic heterocycles. The van der Waals surface area contributed by atoms with Gasteiger partial charge in [0.2, 0.25) is 0 Å². The van der Waals surface area contributed by atoms with Gasteiger partial charge in [-0.15, -0.1) is 0 Å². The maximum atomic E-state index is 3.09. The summed E-state index contributed by atoms with van der Waals surface area (Å²) in [7, 11) is 0. The molecular weight excluding hydrogens is 84.1 g/mol. The zero-order valence-electron chi connectivity index (χ0n) is 4.12. The minimum absolute atomic E-state index is 1.19. The van der Waals surface area contributed by atoms with E-state index in [2.05, 4.69) is 11.5 Å². The summed E-state index contributed by atoms with van der Waals surface area (Å²) in [5.41, 5.74) is 9.11. The molecule has 0 spiro atoms. The molecule has 2 aliphatic carbocycles. The van der Waals surface area contributed by atoms with Crippen molar-refractivity contribution >= 4 is 0 Å². The molecule has 2 bridgehead atoms. The van der Waals surface area contributed by atoms with Gasteiger partial charge in [0.15, 0.2) is 0 Å². The van der Waals surface area contributed by atoms with Crippen molar-refractivity contribution in [1.82, 2.24) is 0 Å². The molecular formula is C7H6. The maximum Gasteiger partial charge on any atom is 0.00572 e. The van der Waals surface area contributed by atoms with E-state index in [1.165, 1.54) is 30.4 Å². The lowest BCUT2D eigenvalue weighted by molar-refractivity contribution is 1.05. The first-order valence-corrected chi connectivity index (χ1v) is 2.66. The van der Waals surface area contributed by atoms with Gasteiger partial charge in [0, 0.05) is 6.42 Å². The van der Waals surface area contributed by atoms with E-state index in [1.54, 1.807) is 0 Å². The molecule has 2 rings (SSSR count). The third kappa shape index (κ3) is 0.326. The van der Waals surface area contributed by atoms with Crippen LogP contribution in [0.5, 0.6) is 0 Å². The molecule has 0 heteroatoms. The monoisotopic (exact) mass is 90.0 g/mol. The zero-order chi connectivity index (χ0) is 4.69. The van der Waals surface area contributed by atoms with E-state index in [4.69, 9.17) is 0 Å². The summed E-state index contributed by atoms with van der Waals surface area (Å²) in [6.45, 7) is 0. The fourth-order valence-electron chi connectivity index (χ4n) is 1.13. The molecule has 0 saturated heterocycles. The fourth-order valence-corrected chi connectivity index (χ4v) is 1.13. The smallest absolute Gasteiger partial charge is 0.00572 e. The average Bonchev–Trinajstić information content (AvgIpc) is 2.22. The summed E-state index contributed by atoms with van der Waals surface area (Å²) in [4.78, 5) is 0. The van der Waals surface area contributed by atoms with Crippen LogP contribution in [0.4, 0.5) is 0 Å². The molecule has 0 aromatic heterocycles. The van der Waals surface area contributed by atoms with Crippen LogP contribution in [0.25, 0.3) is 0 Å². The van der Waals surface area contributed by atoms with Gasteiger partial charge in [-0.05, 0) is 24.0 Å². The van der Waals surface area contributed by atoms with Crippen LogP contribution in [-0.4, -0.2) is 0 Å². The molecule has 0 nitrogen and oxygen atoms in total. The van der Waals surface area contributed by atoms with Crippen LogP contribution in [0.2, 0.25) is 0 Å². The lowest BCUT2D eigenvalue weighted by Gasteiger charge is -1.79. The summed E-state index contributed by atoms with van der Waals surface area (Å²) in [5.74, 6) is 0. The van der Waals surface area contributed by atoms with Crippen molar-refractivity contribution in [2.45, 2.75) is 19.3 Å². The van der Waals surface area contributed by atoms with Gasteiger partial charge in [-0.25, -0.2) is 0 Å². The number of allylic oxidation sites excluding steroid dienone is 2. The van der Waals surface area contributed by atoms with Gasteiger partial charge in [-0.3, -0.25) is 0 Å². The second-order valence-corrected chi connectivity index (χ2v) is 2.13. The molecule has 0 heterocycles. The summed E-state index contributed by atoms with van der Waals surface area (Å²) in [6, 6.07) is 0. The predicted octanol–water partition coefficient (Wildman–Crippen LogP) is 1.79.